The molecule has 1 amide bonds. The molecule has 0 aliphatic carbocycles. The minimum Gasteiger partial charge on any atom is -0.444 e. The second-order valence-corrected chi connectivity index (χ2v) is 6.70. The van der Waals surface area contributed by atoms with Crippen molar-refractivity contribution in [3.8, 4) is 0 Å². The smallest absolute Gasteiger partial charge is 0.410 e. The van der Waals surface area contributed by atoms with Gasteiger partial charge in [-0.05, 0) is 51.2 Å². The first-order chi connectivity index (χ1) is 9.85. The summed E-state index contributed by atoms with van der Waals surface area (Å²) in [5, 5.41) is 0. The molecule has 2 heterocycles. The van der Waals surface area contributed by atoms with Gasteiger partial charge in [0.15, 0.2) is 0 Å². The highest BCUT2D eigenvalue weighted by atomic mass is 16.6. The summed E-state index contributed by atoms with van der Waals surface area (Å²) in [6, 6.07) is 4.00. The highest BCUT2D eigenvalue weighted by Crippen LogP contribution is 2.22. The third-order valence-corrected chi connectivity index (χ3v) is 3.68. The first kappa shape index (κ1) is 15.8. The molecule has 0 aromatic carbocycles. The van der Waals surface area contributed by atoms with Crippen LogP contribution in [0.1, 0.15) is 32.8 Å². The van der Waals surface area contributed by atoms with Gasteiger partial charge in [-0.1, -0.05) is 6.07 Å². The molecule has 21 heavy (non-hydrogen) atoms. The molecule has 0 spiro atoms. The van der Waals surface area contributed by atoms with E-state index in [1.54, 1.807) is 11.1 Å². The number of likely N-dealkylation sites (tertiary alicyclic amines) is 1. The molecule has 0 bridgehead atoms. The number of nitrogens with zero attached hydrogens (tertiary/aromatic N) is 2. The van der Waals surface area contributed by atoms with Crippen LogP contribution in [0.4, 0.5) is 4.79 Å². The highest BCUT2D eigenvalue weighted by molar-refractivity contribution is 5.68. The molecule has 5 nitrogen and oxygen atoms in total. The van der Waals surface area contributed by atoms with E-state index in [4.69, 9.17) is 10.5 Å². The molecule has 1 aromatic rings. The number of rotatable bonds is 3. The SMILES string of the molecule is CC(C)(C)OC(=O)N1CCC(C(N)Cc2cccnc2)C1. The fourth-order valence-corrected chi connectivity index (χ4v) is 2.59. The molecule has 116 valence electrons. The number of carbonyl (C=O) groups excluding carboxylic acids is 1. The van der Waals surface area contributed by atoms with Gasteiger partial charge in [-0.25, -0.2) is 4.79 Å². The lowest BCUT2D eigenvalue weighted by molar-refractivity contribution is 0.0286. The normalized spacial score (nSPS) is 20.4. The molecule has 2 atom stereocenters. The van der Waals surface area contributed by atoms with Crippen LogP contribution in [-0.2, 0) is 11.2 Å². The molecule has 1 aliphatic rings. The molecule has 1 fully saturated rings. The third-order valence-electron chi connectivity index (χ3n) is 3.68. The van der Waals surface area contributed by atoms with E-state index in [9.17, 15) is 4.79 Å². The summed E-state index contributed by atoms with van der Waals surface area (Å²) >= 11 is 0. The van der Waals surface area contributed by atoms with E-state index < -0.39 is 5.60 Å². The van der Waals surface area contributed by atoms with Crippen molar-refractivity contribution >= 4 is 6.09 Å². The zero-order valence-electron chi connectivity index (χ0n) is 13.1. The zero-order chi connectivity index (χ0) is 15.5. The molecule has 1 aromatic heterocycles. The number of nitrogens with two attached hydrogens (primary N) is 1. The molecular weight excluding hydrogens is 266 g/mol. The van der Waals surface area contributed by atoms with Crippen molar-refractivity contribution in [3.05, 3.63) is 30.1 Å². The fraction of sp³-hybridized carbons (Fsp3) is 0.625. The minimum atomic E-state index is -0.451. The average Bonchev–Trinajstić information content (AvgIpc) is 2.87. The Kier molecular flexibility index (Phi) is 4.83. The van der Waals surface area contributed by atoms with Crippen molar-refractivity contribution in [2.24, 2.45) is 11.7 Å². The lowest BCUT2D eigenvalue weighted by Crippen LogP contribution is -2.38. The summed E-state index contributed by atoms with van der Waals surface area (Å²) in [6.45, 7) is 7.04. The van der Waals surface area contributed by atoms with Crippen LogP contribution in [0.2, 0.25) is 0 Å². The van der Waals surface area contributed by atoms with Crippen molar-refractivity contribution in [2.45, 2.75) is 45.3 Å². The molecule has 1 aliphatic heterocycles. The predicted molar refractivity (Wildman–Crippen MR) is 81.8 cm³/mol. The molecule has 2 N–H and O–H groups in total. The first-order valence-corrected chi connectivity index (χ1v) is 7.47. The van der Waals surface area contributed by atoms with E-state index in [1.807, 2.05) is 39.1 Å². The van der Waals surface area contributed by atoms with Crippen LogP contribution >= 0.6 is 0 Å². The van der Waals surface area contributed by atoms with Crippen LogP contribution in [0, 0.1) is 5.92 Å². The van der Waals surface area contributed by atoms with Gasteiger partial charge in [0.2, 0.25) is 0 Å². The first-order valence-electron chi connectivity index (χ1n) is 7.47. The highest BCUT2D eigenvalue weighted by Gasteiger charge is 2.32. The number of aromatic nitrogens is 1. The summed E-state index contributed by atoms with van der Waals surface area (Å²) in [6.07, 6.45) is 5.09. The summed E-state index contributed by atoms with van der Waals surface area (Å²) in [5.74, 6) is 0.317. The predicted octanol–water partition coefficient (Wildman–Crippen LogP) is 2.21. The largest absolute Gasteiger partial charge is 0.444 e. The van der Waals surface area contributed by atoms with Gasteiger partial charge in [-0.3, -0.25) is 4.98 Å². The molecule has 2 unspecified atom stereocenters. The van der Waals surface area contributed by atoms with E-state index in [-0.39, 0.29) is 12.1 Å². The number of hydrogen-bond donors (Lipinski definition) is 1. The summed E-state index contributed by atoms with van der Waals surface area (Å²) in [5.41, 5.74) is 6.98. The molecule has 5 heteroatoms. The second-order valence-electron chi connectivity index (χ2n) is 6.70. The maximum absolute atomic E-state index is 12.0. The van der Waals surface area contributed by atoms with Gasteiger partial charge in [-0.15, -0.1) is 0 Å². The maximum Gasteiger partial charge on any atom is 0.410 e. The van der Waals surface area contributed by atoms with Crippen molar-refractivity contribution in [1.82, 2.24) is 9.88 Å². The molecule has 1 saturated heterocycles. The van der Waals surface area contributed by atoms with Gasteiger partial charge in [-0.2, -0.15) is 0 Å². The Hall–Kier alpha value is -1.62. The zero-order valence-corrected chi connectivity index (χ0v) is 13.1. The Bertz CT molecular complexity index is 470. The van der Waals surface area contributed by atoms with E-state index >= 15 is 0 Å². The Morgan fingerprint density at radius 2 is 2.33 bits per heavy atom. The van der Waals surface area contributed by atoms with Gasteiger partial charge in [0, 0.05) is 31.5 Å². The number of pyridine rings is 1. The van der Waals surface area contributed by atoms with Crippen LogP contribution in [0.25, 0.3) is 0 Å². The van der Waals surface area contributed by atoms with Crippen LogP contribution in [0.5, 0.6) is 0 Å². The van der Waals surface area contributed by atoms with Crippen LogP contribution in [0.3, 0.4) is 0 Å². The lowest BCUT2D eigenvalue weighted by atomic mass is 9.94. The number of carbonyl (C=O) groups is 1. The topological polar surface area (TPSA) is 68.5 Å². The molecule has 0 saturated carbocycles. The summed E-state index contributed by atoms with van der Waals surface area (Å²) in [4.78, 5) is 17.9. The number of ether oxygens (including phenoxy) is 1. The van der Waals surface area contributed by atoms with Gasteiger partial charge in [0.1, 0.15) is 5.60 Å². The molecular formula is C16H25N3O2. The van der Waals surface area contributed by atoms with Crippen molar-refractivity contribution < 1.29 is 9.53 Å². The van der Waals surface area contributed by atoms with Crippen molar-refractivity contribution in [3.63, 3.8) is 0 Å². The Balaban J connectivity index is 1.86. The number of amides is 1. The van der Waals surface area contributed by atoms with Crippen LogP contribution in [0.15, 0.2) is 24.5 Å². The Labute approximate surface area is 126 Å². The number of hydrogen-bond acceptors (Lipinski definition) is 4. The summed E-state index contributed by atoms with van der Waals surface area (Å²) < 4.78 is 5.40. The van der Waals surface area contributed by atoms with Gasteiger partial charge < -0.3 is 15.4 Å². The van der Waals surface area contributed by atoms with Crippen LogP contribution < -0.4 is 5.73 Å². The average molecular weight is 291 g/mol. The van der Waals surface area contributed by atoms with Gasteiger partial charge >= 0.3 is 6.09 Å². The van der Waals surface area contributed by atoms with E-state index in [2.05, 4.69) is 4.98 Å². The van der Waals surface area contributed by atoms with Crippen molar-refractivity contribution in [2.75, 3.05) is 13.1 Å². The standard InChI is InChI=1S/C16H25N3O2/c1-16(2,3)21-15(20)19-8-6-13(11-19)14(17)9-12-5-4-7-18-10-12/h4-5,7,10,13-14H,6,8-9,11,17H2,1-3H3. The lowest BCUT2D eigenvalue weighted by Gasteiger charge is -2.25. The third kappa shape index (κ3) is 4.70. The van der Waals surface area contributed by atoms with E-state index in [1.165, 1.54) is 0 Å². The molecule has 0 radical (unpaired) electrons. The van der Waals surface area contributed by atoms with E-state index in [0.717, 1.165) is 24.9 Å². The Morgan fingerprint density at radius 3 is 2.95 bits per heavy atom. The fourth-order valence-electron chi connectivity index (χ4n) is 2.59. The van der Waals surface area contributed by atoms with Gasteiger partial charge in [0.05, 0.1) is 0 Å². The molecule has 2 rings (SSSR count). The monoisotopic (exact) mass is 291 g/mol. The van der Waals surface area contributed by atoms with Crippen LogP contribution in [-0.4, -0.2) is 40.7 Å². The maximum atomic E-state index is 12.0. The second kappa shape index (κ2) is 6.43. The van der Waals surface area contributed by atoms with Crippen molar-refractivity contribution in [1.29, 1.82) is 0 Å². The van der Waals surface area contributed by atoms with E-state index in [0.29, 0.717) is 12.5 Å². The Morgan fingerprint density at radius 1 is 1.57 bits per heavy atom. The summed E-state index contributed by atoms with van der Waals surface area (Å²) in [7, 11) is 0. The minimum absolute atomic E-state index is 0.0432. The quantitative estimate of drug-likeness (QED) is 0.927. The van der Waals surface area contributed by atoms with Gasteiger partial charge in [0.25, 0.3) is 0 Å².